The molecule has 43 heavy (non-hydrogen) atoms. The van der Waals surface area contributed by atoms with Crippen molar-refractivity contribution in [1.29, 1.82) is 0 Å². The number of hydrogen-bond donors (Lipinski definition) is 0. The first-order valence-electron chi connectivity index (χ1n) is 14.4. The zero-order chi connectivity index (χ0) is 28.1. The van der Waals surface area contributed by atoms with Gasteiger partial charge in [0, 0.05) is 42.6 Å². The van der Waals surface area contributed by atoms with Crippen LogP contribution in [0.1, 0.15) is 0 Å². The first-order valence-corrected chi connectivity index (χ1v) is 15.2. The van der Waals surface area contributed by atoms with E-state index in [4.69, 9.17) is 14.4 Å². The Morgan fingerprint density at radius 2 is 1.23 bits per heavy atom. The van der Waals surface area contributed by atoms with Gasteiger partial charge in [0.05, 0.1) is 26.8 Å². The molecule has 6 aromatic carbocycles. The van der Waals surface area contributed by atoms with Crippen molar-refractivity contribution in [2.45, 2.75) is 0 Å². The van der Waals surface area contributed by atoms with Crippen LogP contribution in [-0.4, -0.2) is 14.5 Å². The quantitative estimate of drug-likeness (QED) is 0.209. The molecule has 4 aromatic heterocycles. The molecule has 0 spiro atoms. The van der Waals surface area contributed by atoms with Crippen LogP contribution in [0.3, 0.4) is 0 Å². The molecule has 0 N–H and O–H groups in total. The van der Waals surface area contributed by atoms with Crippen LogP contribution in [0, 0.1) is 0 Å². The molecule has 10 rings (SSSR count). The molecule has 0 saturated carbocycles. The third-order valence-electron chi connectivity index (χ3n) is 8.57. The first kappa shape index (κ1) is 23.1. The summed E-state index contributed by atoms with van der Waals surface area (Å²) in [6, 6.07) is 44.3. The summed E-state index contributed by atoms with van der Waals surface area (Å²) < 4.78 is 11.4. The van der Waals surface area contributed by atoms with E-state index in [9.17, 15) is 0 Å². The maximum atomic E-state index is 6.69. The fraction of sp³-hybridized carbons (Fsp3) is 0. The van der Waals surface area contributed by atoms with E-state index >= 15 is 0 Å². The van der Waals surface area contributed by atoms with E-state index in [1.807, 2.05) is 36.4 Å². The topological polar surface area (TPSA) is 43.9 Å². The zero-order valence-electron chi connectivity index (χ0n) is 22.8. The van der Waals surface area contributed by atoms with Gasteiger partial charge in [0.2, 0.25) is 0 Å². The van der Waals surface area contributed by atoms with Crippen LogP contribution in [0.5, 0.6) is 0 Å². The van der Waals surface area contributed by atoms with Crippen molar-refractivity contribution >= 4 is 86.3 Å². The Morgan fingerprint density at radius 3 is 2.09 bits per heavy atom. The number of benzene rings is 6. The van der Waals surface area contributed by atoms with Crippen molar-refractivity contribution in [3.8, 4) is 17.1 Å². The van der Waals surface area contributed by atoms with Crippen molar-refractivity contribution in [3.63, 3.8) is 0 Å². The second kappa shape index (κ2) is 8.51. The lowest BCUT2D eigenvalue weighted by molar-refractivity contribution is 0.673. The van der Waals surface area contributed by atoms with Gasteiger partial charge in [-0.25, -0.2) is 9.97 Å². The van der Waals surface area contributed by atoms with Crippen LogP contribution in [0.4, 0.5) is 0 Å². The van der Waals surface area contributed by atoms with Gasteiger partial charge < -0.3 is 4.42 Å². The van der Waals surface area contributed by atoms with Gasteiger partial charge >= 0.3 is 0 Å². The number of rotatable bonds is 2. The summed E-state index contributed by atoms with van der Waals surface area (Å²) in [5.74, 6) is 0.819. The maximum Gasteiger partial charge on any atom is 0.165 e. The van der Waals surface area contributed by atoms with Crippen LogP contribution in [0.15, 0.2) is 132 Å². The third kappa shape index (κ3) is 3.09. The zero-order valence-corrected chi connectivity index (χ0v) is 23.6. The van der Waals surface area contributed by atoms with E-state index in [-0.39, 0.29) is 0 Å². The second-order valence-electron chi connectivity index (χ2n) is 10.9. The Bertz CT molecular complexity index is 2730. The van der Waals surface area contributed by atoms with E-state index in [0.717, 1.165) is 65.8 Å². The van der Waals surface area contributed by atoms with Gasteiger partial charge in [-0.15, -0.1) is 11.3 Å². The Kier molecular flexibility index (Phi) is 4.57. The minimum absolute atomic E-state index is 0.819. The number of para-hydroxylation sites is 4. The van der Waals surface area contributed by atoms with Gasteiger partial charge in [0.15, 0.2) is 11.4 Å². The monoisotopic (exact) mass is 567 g/mol. The average Bonchev–Trinajstić information content (AvgIpc) is 3.74. The van der Waals surface area contributed by atoms with Gasteiger partial charge in [0.25, 0.3) is 0 Å². The second-order valence-corrected chi connectivity index (χ2v) is 12.0. The van der Waals surface area contributed by atoms with Gasteiger partial charge in [-0.3, -0.25) is 4.57 Å². The molecule has 200 valence electrons. The first-order chi connectivity index (χ1) is 21.3. The van der Waals surface area contributed by atoms with E-state index in [1.165, 1.54) is 26.2 Å². The lowest BCUT2D eigenvalue weighted by atomic mass is 10.0. The van der Waals surface area contributed by atoms with E-state index in [0.29, 0.717) is 0 Å². The lowest BCUT2D eigenvalue weighted by Gasteiger charge is -2.14. The molecule has 4 heterocycles. The highest BCUT2D eigenvalue weighted by atomic mass is 32.1. The van der Waals surface area contributed by atoms with E-state index in [1.54, 1.807) is 11.3 Å². The van der Waals surface area contributed by atoms with Crippen LogP contribution < -0.4 is 0 Å². The Morgan fingerprint density at radius 1 is 0.558 bits per heavy atom. The predicted octanol–water partition coefficient (Wildman–Crippen LogP) is 10.7. The molecule has 0 atom stereocenters. The molecule has 0 fully saturated rings. The van der Waals surface area contributed by atoms with Gasteiger partial charge in [-0.2, -0.15) is 0 Å². The third-order valence-corrected chi connectivity index (χ3v) is 9.74. The molecule has 4 nitrogen and oxygen atoms in total. The number of thiophene rings is 1. The van der Waals surface area contributed by atoms with Crippen molar-refractivity contribution < 1.29 is 4.42 Å². The fourth-order valence-electron chi connectivity index (χ4n) is 6.78. The van der Waals surface area contributed by atoms with Crippen molar-refractivity contribution in [3.05, 3.63) is 127 Å². The summed E-state index contributed by atoms with van der Waals surface area (Å²) in [5, 5.41) is 7.02. The highest BCUT2D eigenvalue weighted by Gasteiger charge is 2.27. The largest absolute Gasteiger partial charge is 0.455 e. The maximum absolute atomic E-state index is 6.69. The van der Waals surface area contributed by atoms with E-state index < -0.39 is 0 Å². The fourth-order valence-corrected chi connectivity index (χ4v) is 7.97. The molecule has 5 heteroatoms. The Balaban J connectivity index is 1.53. The molecular weight excluding hydrogens is 547 g/mol. The summed E-state index contributed by atoms with van der Waals surface area (Å²) in [6.45, 7) is 0. The van der Waals surface area contributed by atoms with Crippen LogP contribution in [0.2, 0.25) is 0 Å². The summed E-state index contributed by atoms with van der Waals surface area (Å²) in [4.78, 5) is 10.6. The minimum atomic E-state index is 0.819. The number of nitrogens with zero attached hydrogens (tertiary/aromatic N) is 3. The summed E-state index contributed by atoms with van der Waals surface area (Å²) in [7, 11) is 0. The molecule has 0 bridgehead atoms. The minimum Gasteiger partial charge on any atom is -0.455 e. The van der Waals surface area contributed by atoms with Gasteiger partial charge in [-0.05, 0) is 30.3 Å². The lowest BCUT2D eigenvalue weighted by Crippen LogP contribution is -2.03. The average molecular weight is 568 g/mol. The van der Waals surface area contributed by atoms with Crippen molar-refractivity contribution in [2.24, 2.45) is 0 Å². The van der Waals surface area contributed by atoms with Gasteiger partial charge in [0.1, 0.15) is 11.3 Å². The van der Waals surface area contributed by atoms with E-state index in [2.05, 4.69) is 95.6 Å². The molecule has 10 aromatic rings. The normalized spacial score (nSPS) is 12.2. The molecule has 0 radical (unpaired) electrons. The molecular formula is C38H21N3OS. The molecule has 0 amide bonds. The smallest absolute Gasteiger partial charge is 0.165 e. The predicted molar refractivity (Wildman–Crippen MR) is 179 cm³/mol. The molecule has 0 aliphatic rings. The van der Waals surface area contributed by atoms with Crippen LogP contribution >= 0.6 is 11.3 Å². The van der Waals surface area contributed by atoms with Crippen LogP contribution in [0.25, 0.3) is 92.0 Å². The SMILES string of the molecule is c1ccc(-c2nc3ccccc3nc2-n2c3ccccc3c3c4c5ccccc5oc4c4sc5ccccc5c4c32)cc1. The molecule has 0 unspecified atom stereocenters. The number of fused-ring (bicyclic) bond motifs is 13. The highest BCUT2D eigenvalue weighted by molar-refractivity contribution is 7.26. The van der Waals surface area contributed by atoms with Gasteiger partial charge in [-0.1, -0.05) is 97.1 Å². The molecule has 0 aliphatic heterocycles. The molecule has 0 saturated heterocycles. The number of aromatic nitrogens is 3. The summed E-state index contributed by atoms with van der Waals surface area (Å²) in [5.41, 5.74) is 7.69. The van der Waals surface area contributed by atoms with Crippen molar-refractivity contribution in [2.75, 3.05) is 0 Å². The van der Waals surface area contributed by atoms with Crippen molar-refractivity contribution in [1.82, 2.24) is 14.5 Å². The number of furan rings is 1. The molecule has 0 aliphatic carbocycles. The van der Waals surface area contributed by atoms with Crippen LogP contribution in [-0.2, 0) is 0 Å². The highest BCUT2D eigenvalue weighted by Crippen LogP contribution is 2.50. The summed E-state index contributed by atoms with van der Waals surface area (Å²) >= 11 is 1.80. The Hall–Kier alpha value is -5.52. The standard InChI is InChI=1S/C38H21N3OS/c1-2-12-22(13-3-1)34-38(40-27-18-8-7-17-26(27)39-34)41-28-19-9-4-14-23(28)31-32-24-15-5-10-20-29(24)42-36(32)37-33(35(31)41)25-16-6-11-21-30(25)43-37/h1-21H. The number of hydrogen-bond acceptors (Lipinski definition) is 4. The Labute approximate surface area is 249 Å². The summed E-state index contributed by atoms with van der Waals surface area (Å²) in [6.07, 6.45) is 0.